The summed E-state index contributed by atoms with van der Waals surface area (Å²) in [6.45, 7) is 0.915. The molecule has 0 saturated carbocycles. The van der Waals surface area contributed by atoms with Gasteiger partial charge in [0, 0.05) is 6.92 Å². The van der Waals surface area contributed by atoms with Crippen LogP contribution in [0, 0.1) is 0 Å². The van der Waals surface area contributed by atoms with Gasteiger partial charge in [-0.05, 0) is 0 Å². The van der Waals surface area contributed by atoms with Gasteiger partial charge in [-0.1, -0.05) is 0 Å². The van der Waals surface area contributed by atoms with E-state index < -0.39 is 29.7 Å². The van der Waals surface area contributed by atoms with Crippen LogP contribution >= 0.6 is 12.6 Å². The molecule has 5 nitrogen and oxygen atoms in total. The molecule has 0 aliphatic carbocycles. The largest absolute Gasteiger partial charge is 0.435 e. The Morgan fingerprint density at radius 1 is 1.69 bits per heavy atom. The molecule has 13 heavy (non-hydrogen) atoms. The Morgan fingerprint density at radius 3 is 2.69 bits per heavy atom. The van der Waals surface area contributed by atoms with Gasteiger partial charge in [-0.25, -0.2) is 0 Å². The van der Waals surface area contributed by atoms with E-state index in [1.165, 1.54) is 6.92 Å². The maximum absolute atomic E-state index is 10.6. The number of thiol groups is 1. The first kappa shape index (κ1) is 10.8. The summed E-state index contributed by atoms with van der Waals surface area (Å²) in [5.41, 5.74) is 0. The van der Waals surface area contributed by atoms with Gasteiger partial charge in [-0.2, -0.15) is 12.6 Å². The Bertz CT molecular complexity index is 197. The quantitative estimate of drug-likeness (QED) is 0.398. The minimum atomic E-state index is -0.919. The molecule has 0 spiro atoms. The second kappa shape index (κ2) is 4.28. The first-order valence-electron chi connectivity index (χ1n) is 3.86. The number of carbonyl (C=O) groups excluding carboxylic acids is 1. The monoisotopic (exact) mass is 208 g/mol. The fraction of sp³-hybridized carbons (Fsp3) is 0.857. The van der Waals surface area contributed by atoms with E-state index >= 15 is 0 Å². The first-order chi connectivity index (χ1) is 6.06. The topological polar surface area (TPSA) is 76.0 Å². The summed E-state index contributed by atoms with van der Waals surface area (Å²) in [6, 6.07) is 0. The van der Waals surface area contributed by atoms with Gasteiger partial charge in [-0.3, -0.25) is 4.79 Å². The van der Waals surface area contributed by atoms with Crippen molar-refractivity contribution in [1.29, 1.82) is 0 Å². The van der Waals surface area contributed by atoms with Gasteiger partial charge in [0.1, 0.15) is 12.2 Å². The van der Waals surface area contributed by atoms with Gasteiger partial charge >= 0.3 is 5.97 Å². The third-order valence-electron chi connectivity index (χ3n) is 1.78. The first-order valence-corrected chi connectivity index (χ1v) is 4.37. The molecule has 0 aromatic rings. The van der Waals surface area contributed by atoms with Crippen molar-refractivity contribution >= 4 is 18.6 Å². The van der Waals surface area contributed by atoms with Crippen LogP contribution in [0.4, 0.5) is 0 Å². The molecule has 0 bridgehead atoms. The van der Waals surface area contributed by atoms with Gasteiger partial charge in [-0.15, -0.1) is 0 Å². The number of esters is 1. The fourth-order valence-electron chi connectivity index (χ4n) is 1.13. The van der Waals surface area contributed by atoms with Crippen molar-refractivity contribution in [3.8, 4) is 0 Å². The van der Waals surface area contributed by atoms with Crippen LogP contribution in [0.1, 0.15) is 6.92 Å². The van der Waals surface area contributed by atoms with Gasteiger partial charge in [0.25, 0.3) is 0 Å². The average molecular weight is 208 g/mol. The van der Waals surface area contributed by atoms with E-state index in [9.17, 15) is 9.90 Å². The number of ether oxygens (including phenoxy) is 2. The number of aliphatic hydroxyl groups excluding tert-OH is 2. The summed E-state index contributed by atoms with van der Waals surface area (Å²) in [5.74, 6) is -0.505. The van der Waals surface area contributed by atoms with Gasteiger partial charge < -0.3 is 19.7 Å². The van der Waals surface area contributed by atoms with Crippen LogP contribution in [0.3, 0.4) is 0 Å². The number of hydrogen-bond acceptors (Lipinski definition) is 6. The summed E-state index contributed by atoms with van der Waals surface area (Å²) in [6.07, 6.45) is -2.53. The predicted molar refractivity (Wildman–Crippen MR) is 46.3 cm³/mol. The molecule has 0 amide bonds. The number of hydrogen-bond donors (Lipinski definition) is 3. The summed E-state index contributed by atoms with van der Waals surface area (Å²) < 4.78 is 9.74. The maximum atomic E-state index is 10.6. The second-order valence-electron chi connectivity index (χ2n) is 2.82. The van der Waals surface area contributed by atoms with Crippen LogP contribution in [-0.4, -0.2) is 46.5 Å². The van der Waals surface area contributed by atoms with Gasteiger partial charge in [0.2, 0.25) is 6.29 Å². The molecular formula is C7H12O5S. The van der Waals surface area contributed by atoms with Crippen molar-refractivity contribution in [2.45, 2.75) is 30.7 Å². The predicted octanol–water partition coefficient (Wildman–Crippen LogP) is -1.07. The van der Waals surface area contributed by atoms with Crippen molar-refractivity contribution in [3.05, 3.63) is 0 Å². The van der Waals surface area contributed by atoms with Crippen LogP contribution in [0.5, 0.6) is 0 Å². The molecule has 1 fully saturated rings. The summed E-state index contributed by atoms with van der Waals surface area (Å²) >= 11 is 4.01. The molecule has 1 aliphatic heterocycles. The molecular weight excluding hydrogens is 196 g/mol. The van der Waals surface area contributed by atoms with Gasteiger partial charge in [0.05, 0.1) is 11.9 Å². The molecule has 1 rings (SSSR count). The number of aliphatic hydroxyl groups is 2. The van der Waals surface area contributed by atoms with E-state index in [2.05, 4.69) is 12.6 Å². The van der Waals surface area contributed by atoms with Crippen LogP contribution in [0.2, 0.25) is 0 Å². The third kappa shape index (κ3) is 2.34. The van der Waals surface area contributed by atoms with Crippen LogP contribution in [-0.2, 0) is 14.3 Å². The zero-order valence-corrected chi connectivity index (χ0v) is 7.98. The molecule has 0 radical (unpaired) electrons. The van der Waals surface area contributed by atoms with E-state index in [0.717, 1.165) is 0 Å². The Labute approximate surface area is 81.1 Å². The van der Waals surface area contributed by atoms with Crippen molar-refractivity contribution in [2.75, 3.05) is 6.61 Å². The minimum Gasteiger partial charge on any atom is -0.435 e. The number of rotatable bonds is 2. The van der Waals surface area contributed by atoms with Gasteiger partial charge in [0.15, 0.2) is 0 Å². The molecule has 1 aliphatic rings. The highest BCUT2D eigenvalue weighted by Crippen LogP contribution is 2.26. The molecule has 1 unspecified atom stereocenters. The highest BCUT2D eigenvalue weighted by atomic mass is 32.1. The second-order valence-corrected chi connectivity index (χ2v) is 3.41. The zero-order chi connectivity index (χ0) is 10.0. The maximum Gasteiger partial charge on any atom is 0.304 e. The molecule has 4 atom stereocenters. The smallest absolute Gasteiger partial charge is 0.304 e. The van der Waals surface area contributed by atoms with Crippen molar-refractivity contribution in [2.24, 2.45) is 0 Å². The lowest BCUT2D eigenvalue weighted by Crippen LogP contribution is -2.31. The summed E-state index contributed by atoms with van der Waals surface area (Å²) in [4.78, 5) is 10.6. The van der Waals surface area contributed by atoms with Crippen molar-refractivity contribution in [3.63, 3.8) is 0 Å². The lowest BCUT2D eigenvalue weighted by Gasteiger charge is -2.13. The Kier molecular flexibility index (Phi) is 3.55. The summed E-state index contributed by atoms with van der Waals surface area (Å²) in [5, 5.41) is 17.5. The Morgan fingerprint density at radius 2 is 2.31 bits per heavy atom. The number of carbonyl (C=O) groups is 1. The van der Waals surface area contributed by atoms with Crippen LogP contribution in [0.25, 0.3) is 0 Å². The minimum absolute atomic E-state index is 0.323. The van der Waals surface area contributed by atoms with E-state index in [4.69, 9.17) is 14.6 Å². The van der Waals surface area contributed by atoms with E-state index in [1.807, 2.05) is 0 Å². The van der Waals surface area contributed by atoms with E-state index in [0.29, 0.717) is 0 Å². The average Bonchev–Trinajstić information content (AvgIpc) is 2.32. The Hall–Kier alpha value is -0.300. The van der Waals surface area contributed by atoms with Crippen molar-refractivity contribution in [1.82, 2.24) is 0 Å². The van der Waals surface area contributed by atoms with E-state index in [-0.39, 0.29) is 6.61 Å². The highest BCUT2D eigenvalue weighted by molar-refractivity contribution is 7.81. The normalized spacial score (nSPS) is 39.1. The molecule has 76 valence electrons. The fourth-order valence-corrected chi connectivity index (χ4v) is 1.45. The Balaban J connectivity index is 2.55. The lowest BCUT2D eigenvalue weighted by molar-refractivity contribution is -0.174. The molecule has 1 heterocycles. The SMILES string of the molecule is CC(=O)OC1O[C@H](CO)[C@@H](O)[C@H]1S. The summed E-state index contributed by atoms with van der Waals surface area (Å²) in [7, 11) is 0. The van der Waals surface area contributed by atoms with E-state index in [1.54, 1.807) is 0 Å². The van der Waals surface area contributed by atoms with Crippen LogP contribution in [0.15, 0.2) is 0 Å². The third-order valence-corrected chi connectivity index (χ3v) is 2.33. The lowest BCUT2D eigenvalue weighted by atomic mass is 10.2. The molecule has 6 heteroatoms. The molecule has 0 aromatic heterocycles. The van der Waals surface area contributed by atoms with Crippen LogP contribution < -0.4 is 0 Å². The molecule has 0 aromatic carbocycles. The van der Waals surface area contributed by atoms with Crippen molar-refractivity contribution < 1.29 is 24.5 Å². The standard InChI is InChI=1S/C7H12O5S/c1-3(9)11-7-6(13)5(10)4(2-8)12-7/h4-8,10,13H,2H2,1H3/t4-,5-,6-,7?/m1/s1. The zero-order valence-electron chi connectivity index (χ0n) is 7.08. The molecule has 2 N–H and O–H groups in total. The molecule has 1 saturated heterocycles. The highest BCUT2D eigenvalue weighted by Gasteiger charge is 2.43.